The second-order valence-electron chi connectivity index (χ2n) is 40.2. The number of rotatable bonds is 17. The third-order valence-electron chi connectivity index (χ3n) is 30.7. The minimum atomic E-state index is -1.80. The van der Waals surface area contributed by atoms with Crippen LogP contribution in [0.3, 0.4) is 0 Å². The van der Waals surface area contributed by atoms with Gasteiger partial charge < -0.3 is 4.74 Å². The van der Waals surface area contributed by atoms with Crippen LogP contribution < -0.4 is 31.8 Å². The molecule has 1 heterocycles. The molecule has 1 aliphatic heterocycles. The Bertz CT molecular complexity index is 3900. The van der Waals surface area contributed by atoms with Gasteiger partial charge in [-0.25, -0.2) is 0 Å². The molecular formula is C118H165Cl4OP5Ru2+4. The smallest absolute Gasteiger partial charge is 0.0620 e. The molecule has 0 N–H and O–H groups in total. The standard InChI is InChI=1S/3C18H33P.2C18H15P.2C12H12.C4H8O.4ClH.2Ru/c5*1-4-10-16(11-5-1)19(17-12-6-2-7-13-17)18-14-8-3-9-15-18;2*1-9(2)11-8-7-10-5-3-4-6-12(10)11;1-2-4-5-3-1;;;;;;/h3*16-18H,1-15H2;2*1-15H;2*3-6,8-9H,1-2H3;1-4H2;4*1H;;/q;;;;;;;;;;;;2*+2. The van der Waals surface area contributed by atoms with E-state index in [0.29, 0.717) is 19.8 Å². The molecule has 0 bridgehead atoms. The van der Waals surface area contributed by atoms with Crippen molar-refractivity contribution in [1.82, 2.24) is 0 Å². The van der Waals surface area contributed by atoms with Gasteiger partial charge in [0.05, 0.1) is 49.8 Å². The van der Waals surface area contributed by atoms with Crippen LogP contribution in [0, 0.1) is 11.8 Å². The molecule has 8 aromatic carbocycles. The van der Waals surface area contributed by atoms with Crippen molar-refractivity contribution < 1.29 is 31.8 Å². The van der Waals surface area contributed by atoms with E-state index in [2.05, 4.69) is 258 Å². The Morgan fingerprint density at radius 3 is 0.600 bits per heavy atom. The van der Waals surface area contributed by atoms with Crippen molar-refractivity contribution in [1.29, 1.82) is 0 Å². The molecule has 10 fully saturated rings. The summed E-state index contributed by atoms with van der Waals surface area (Å²) in [4.78, 5) is 0. The van der Waals surface area contributed by atoms with E-state index in [1.165, 1.54) is 156 Å². The number of benzene rings is 8. The zero-order chi connectivity index (χ0) is 90.1. The second-order valence-corrected chi connectivity index (χ2v) is 66.8. The third kappa shape index (κ3) is 32.5. The zero-order valence-electron chi connectivity index (χ0n) is 80.2. The molecule has 0 amide bonds. The summed E-state index contributed by atoms with van der Waals surface area (Å²) in [5, 5.41) is 8.61. The Morgan fingerprint density at radius 1 is 0.238 bits per heavy atom. The molecule has 1 nitrogen and oxygen atoms in total. The van der Waals surface area contributed by atoms with Gasteiger partial charge in [-0.2, -0.15) is 0 Å². The summed E-state index contributed by atoms with van der Waals surface area (Å²) in [6.07, 6.45) is 78.1. The maximum atomic E-state index is 6.11. The Kier molecular flexibility index (Phi) is 47.7. The normalized spacial score (nSPS) is 20.2. The van der Waals surface area contributed by atoms with Gasteiger partial charge in [0.15, 0.2) is 0 Å². The quantitative estimate of drug-likeness (QED) is 0.0652. The van der Waals surface area contributed by atoms with Gasteiger partial charge in [0.25, 0.3) is 0 Å². The molecule has 12 heteroatoms. The van der Waals surface area contributed by atoms with Gasteiger partial charge >= 0.3 is 208 Å². The Hall–Kier alpha value is -2.50. The molecular weight excluding hydrogens is 1930 g/mol. The van der Waals surface area contributed by atoms with Crippen LogP contribution >= 0.6 is 78.4 Å². The zero-order valence-corrected chi connectivity index (χ0v) is 91.6. The van der Waals surface area contributed by atoms with E-state index in [1.54, 1.807) is 270 Å². The maximum Gasteiger partial charge on any atom is 0.102 e. The number of fused-ring (bicyclic) bond motifs is 2. The van der Waals surface area contributed by atoms with Crippen LogP contribution in [0.5, 0.6) is 0 Å². The summed E-state index contributed by atoms with van der Waals surface area (Å²) in [7, 11) is 23.0. The van der Waals surface area contributed by atoms with E-state index in [1.807, 2.05) is 12.1 Å². The van der Waals surface area contributed by atoms with Crippen LogP contribution in [0.1, 0.15) is 352 Å². The van der Waals surface area contributed by atoms with Gasteiger partial charge in [-0.05, 0) is 295 Å². The minimum Gasteiger partial charge on any atom is -0.0620 e. The summed E-state index contributed by atoms with van der Waals surface area (Å²) < 4.78 is 7.28. The molecule has 20 rings (SSSR count). The predicted octanol–water partition coefficient (Wildman–Crippen LogP) is 34.4. The monoisotopic (exact) mass is 2100 g/mol. The number of ether oxygens (including phenoxy) is 1. The maximum absolute atomic E-state index is 6.11. The molecule has 1 saturated heterocycles. The molecule has 0 unspecified atom stereocenters. The van der Waals surface area contributed by atoms with Crippen molar-refractivity contribution in [2.45, 2.75) is 380 Å². The first kappa shape index (κ1) is 105. The van der Waals surface area contributed by atoms with Gasteiger partial charge in [0.1, 0.15) is 31.8 Å². The predicted molar refractivity (Wildman–Crippen MR) is 589 cm³/mol. The van der Waals surface area contributed by atoms with Gasteiger partial charge in [0.2, 0.25) is 0 Å². The van der Waals surface area contributed by atoms with E-state index >= 15 is 0 Å². The van der Waals surface area contributed by atoms with Gasteiger partial charge in [-0.15, -0.1) is 0 Å². The number of allylic oxidation sites excluding steroid dienone is 4. The molecule has 0 radical (unpaired) electrons. The van der Waals surface area contributed by atoms with Crippen molar-refractivity contribution in [2.24, 2.45) is 11.8 Å². The molecule has 0 atom stereocenters. The molecule has 11 aliphatic carbocycles. The fourth-order valence-electron chi connectivity index (χ4n) is 24.4. The van der Waals surface area contributed by atoms with Crippen molar-refractivity contribution >= 4 is 130 Å². The molecule has 12 aliphatic rings. The van der Waals surface area contributed by atoms with Gasteiger partial charge in [0, 0.05) is 29.1 Å². The number of hydrogen-bond acceptors (Lipinski definition) is 1. The van der Waals surface area contributed by atoms with Crippen LogP contribution in [0.15, 0.2) is 243 Å². The van der Waals surface area contributed by atoms with E-state index in [9.17, 15) is 0 Å². The van der Waals surface area contributed by atoms with Gasteiger partial charge in [-0.3, -0.25) is 0 Å². The van der Waals surface area contributed by atoms with Crippen LogP contribution in [0.25, 0.3) is 11.1 Å². The first-order valence-corrected chi connectivity index (χ1v) is 71.2. The largest absolute Gasteiger partial charge is 0.102 e. The SMILES string of the molecule is C1CCC(P(C2CCCCC2)C2CCCCC2)CC1.C1CCC([PH+](C2CCCCC2)C2CCCCC2)CC1.C1CCC([PH+](C2CCCCC2)C2CCCCC2)CC1.C1CCOC1.CC(C)C1=C[C](=[Ru]([Cl])[Cl])c2ccccc21.CC(C)C1=C[C](=[Ru]([Cl])[Cl])c2ccccc21.c1ccc([PH+](c2ccccc2)c2ccccc2)cc1.c1ccc([PH+](c2ccccc2)c2ccccc2)cc1. The van der Waals surface area contributed by atoms with Gasteiger partial charge in [-0.1, -0.05) is 213 Å². The minimum absolute atomic E-state index is 0.0465. The van der Waals surface area contributed by atoms with E-state index in [0.717, 1.165) is 13.2 Å². The van der Waals surface area contributed by atoms with E-state index < -0.39 is 42.9 Å². The van der Waals surface area contributed by atoms with E-state index in [-0.39, 0.29) is 15.8 Å². The molecule has 0 aromatic heterocycles. The number of hydrogen-bond donors (Lipinski definition) is 0. The summed E-state index contributed by atoms with van der Waals surface area (Å²) in [5.41, 5.74) is 18.8. The average molecular weight is 2100 g/mol. The summed E-state index contributed by atoms with van der Waals surface area (Å²) in [6, 6.07) is 81.7. The molecule has 0 spiro atoms. The van der Waals surface area contributed by atoms with Crippen LogP contribution in [-0.4, -0.2) is 72.4 Å². The fraction of sp³-hybridized carbons (Fsp3) is 0.542. The van der Waals surface area contributed by atoms with Crippen molar-refractivity contribution in [3.8, 4) is 0 Å². The molecule has 8 aromatic rings. The molecule has 9 saturated carbocycles. The van der Waals surface area contributed by atoms with E-state index in [4.69, 9.17) is 43.5 Å². The Balaban J connectivity index is 0.000000128. The van der Waals surface area contributed by atoms with Crippen LogP contribution in [0.2, 0.25) is 0 Å². The summed E-state index contributed by atoms with van der Waals surface area (Å²) in [6.45, 7) is 10.8. The topological polar surface area (TPSA) is 9.23 Å². The van der Waals surface area contributed by atoms with Crippen LogP contribution in [-0.2, 0) is 31.8 Å². The summed E-state index contributed by atoms with van der Waals surface area (Å²) in [5.74, 6) is 1.04. The van der Waals surface area contributed by atoms with Crippen molar-refractivity contribution in [3.05, 3.63) is 265 Å². The van der Waals surface area contributed by atoms with Crippen molar-refractivity contribution in [3.63, 3.8) is 0 Å². The Morgan fingerprint density at radius 2 is 0.423 bits per heavy atom. The van der Waals surface area contributed by atoms with Crippen LogP contribution in [0.4, 0.5) is 0 Å². The second kappa shape index (κ2) is 59.2. The number of halogens is 4. The molecule has 708 valence electrons. The summed E-state index contributed by atoms with van der Waals surface area (Å²) >= 11 is -3.59. The van der Waals surface area contributed by atoms with Crippen molar-refractivity contribution in [2.75, 3.05) is 13.2 Å². The first-order valence-electron chi connectivity index (χ1n) is 52.5. The third-order valence-corrected chi connectivity index (χ3v) is 55.6. The fourth-order valence-corrected chi connectivity index (χ4v) is 49.7. The average Bonchev–Trinajstić information content (AvgIpc) is 1.64. The Labute approximate surface area is 824 Å². The molecule has 130 heavy (non-hydrogen) atoms. The first-order chi connectivity index (χ1) is 64.0.